The van der Waals surface area contributed by atoms with E-state index >= 15 is 0 Å². The third-order valence-electron chi connectivity index (χ3n) is 3.45. The average molecular weight is 408 g/mol. The number of nitrogens with zero attached hydrogens (tertiary/aromatic N) is 1. The summed E-state index contributed by atoms with van der Waals surface area (Å²) in [7, 11) is 0. The molecule has 0 fully saturated rings. The van der Waals surface area contributed by atoms with E-state index < -0.39 is 17.6 Å². The van der Waals surface area contributed by atoms with Gasteiger partial charge in [0.05, 0.1) is 16.3 Å². The van der Waals surface area contributed by atoms with Crippen molar-refractivity contribution in [2.75, 3.05) is 10.6 Å². The van der Waals surface area contributed by atoms with Crippen LogP contribution >= 0.6 is 11.6 Å². The number of nitrogens with one attached hydrogen (secondary N) is 2. The van der Waals surface area contributed by atoms with Gasteiger partial charge in [0.2, 0.25) is 5.91 Å². The molecule has 144 valence electrons. The molecule has 0 radical (unpaired) electrons. The van der Waals surface area contributed by atoms with E-state index in [0.29, 0.717) is 17.3 Å². The largest absolute Gasteiger partial charge is 0.416 e. The summed E-state index contributed by atoms with van der Waals surface area (Å²) in [4.78, 5) is 23.3. The Morgan fingerprint density at radius 2 is 1.75 bits per heavy atom. The quantitative estimate of drug-likeness (QED) is 0.560. The number of hydrogen-bond acceptors (Lipinski definition) is 3. The minimum atomic E-state index is -4.60. The molecule has 0 aliphatic rings. The summed E-state index contributed by atoms with van der Waals surface area (Å²) in [6.45, 7) is 1.35. The summed E-state index contributed by atoms with van der Waals surface area (Å²) in [6, 6.07) is 10.5. The molecular formula is C19H13ClF3N3O2. The molecule has 0 aromatic heterocycles. The predicted octanol–water partition coefficient (Wildman–Crippen LogP) is 4.86. The summed E-state index contributed by atoms with van der Waals surface area (Å²) < 4.78 is 38.4. The highest BCUT2D eigenvalue weighted by Gasteiger charge is 2.31. The zero-order valence-corrected chi connectivity index (χ0v) is 15.2. The summed E-state index contributed by atoms with van der Waals surface area (Å²) in [5.41, 5.74) is -0.563. The molecule has 0 saturated carbocycles. The maximum absolute atomic E-state index is 12.8. The van der Waals surface area contributed by atoms with E-state index in [1.54, 1.807) is 30.3 Å². The minimum Gasteiger partial charge on any atom is -0.326 e. The molecule has 0 heterocycles. The molecule has 2 N–H and O–H groups in total. The summed E-state index contributed by atoms with van der Waals surface area (Å²) in [6.07, 6.45) is -3.35. The second-order valence-corrected chi connectivity index (χ2v) is 6.03. The fourth-order valence-electron chi connectivity index (χ4n) is 2.17. The Balaban J connectivity index is 2.23. The lowest BCUT2D eigenvalue weighted by Gasteiger charge is -2.11. The van der Waals surface area contributed by atoms with Crippen LogP contribution in [0.3, 0.4) is 0 Å². The molecule has 0 unspecified atom stereocenters. The molecule has 2 aromatic carbocycles. The van der Waals surface area contributed by atoms with Crippen molar-refractivity contribution in [2.24, 2.45) is 0 Å². The van der Waals surface area contributed by atoms with E-state index in [0.717, 1.165) is 12.1 Å². The van der Waals surface area contributed by atoms with Crippen molar-refractivity contribution in [1.82, 2.24) is 0 Å². The van der Waals surface area contributed by atoms with Crippen LogP contribution in [0, 0.1) is 11.3 Å². The van der Waals surface area contributed by atoms with Gasteiger partial charge in [-0.3, -0.25) is 9.59 Å². The third kappa shape index (κ3) is 5.59. The van der Waals surface area contributed by atoms with E-state index in [-0.39, 0.29) is 22.2 Å². The Kier molecular flexibility index (Phi) is 6.44. The van der Waals surface area contributed by atoms with Gasteiger partial charge in [0.25, 0.3) is 5.91 Å². The summed E-state index contributed by atoms with van der Waals surface area (Å²) in [5, 5.41) is 13.9. The highest BCUT2D eigenvalue weighted by atomic mass is 35.5. The van der Waals surface area contributed by atoms with Crippen molar-refractivity contribution in [3.8, 4) is 6.07 Å². The summed E-state index contributed by atoms with van der Waals surface area (Å²) in [5.74, 6) is -1.16. The van der Waals surface area contributed by atoms with E-state index in [1.807, 2.05) is 0 Å². The van der Waals surface area contributed by atoms with Crippen molar-refractivity contribution >= 4 is 40.9 Å². The lowest BCUT2D eigenvalue weighted by atomic mass is 10.1. The Hall–Kier alpha value is -3.31. The fraction of sp³-hybridized carbons (Fsp3) is 0.105. The zero-order valence-electron chi connectivity index (χ0n) is 14.4. The summed E-state index contributed by atoms with van der Waals surface area (Å²) >= 11 is 5.84. The highest BCUT2D eigenvalue weighted by Crippen LogP contribution is 2.34. The van der Waals surface area contributed by atoms with Gasteiger partial charge in [0.1, 0.15) is 11.6 Å². The number of halogens is 4. The first kappa shape index (κ1) is 21.0. The monoisotopic (exact) mass is 407 g/mol. The van der Waals surface area contributed by atoms with Crippen LogP contribution in [-0.2, 0) is 15.8 Å². The molecule has 0 saturated heterocycles. The van der Waals surface area contributed by atoms with Gasteiger partial charge in [0, 0.05) is 12.6 Å². The Labute approximate surface area is 163 Å². The molecule has 9 heteroatoms. The van der Waals surface area contributed by atoms with Gasteiger partial charge in [-0.1, -0.05) is 23.7 Å². The van der Waals surface area contributed by atoms with E-state index in [9.17, 15) is 28.0 Å². The maximum Gasteiger partial charge on any atom is 0.416 e. The van der Waals surface area contributed by atoms with Crippen LogP contribution in [0.1, 0.15) is 18.1 Å². The van der Waals surface area contributed by atoms with Crippen molar-refractivity contribution < 1.29 is 22.8 Å². The second-order valence-electron chi connectivity index (χ2n) is 5.62. The van der Waals surface area contributed by atoms with E-state index in [4.69, 9.17) is 11.6 Å². The van der Waals surface area contributed by atoms with Gasteiger partial charge < -0.3 is 10.6 Å². The number of hydrogen-bond donors (Lipinski definition) is 2. The van der Waals surface area contributed by atoms with Crippen LogP contribution in [0.4, 0.5) is 24.5 Å². The zero-order chi connectivity index (χ0) is 20.9. The van der Waals surface area contributed by atoms with Crippen molar-refractivity contribution in [3.63, 3.8) is 0 Å². The predicted molar refractivity (Wildman–Crippen MR) is 99.4 cm³/mol. The Bertz CT molecular complexity index is 977. The van der Waals surface area contributed by atoms with E-state index in [1.165, 1.54) is 13.0 Å². The second kappa shape index (κ2) is 8.59. The molecule has 0 aliphatic carbocycles. The smallest absolute Gasteiger partial charge is 0.326 e. The SMILES string of the molecule is CC(=O)Nc1ccc(C=C(C#N)C(=O)Nc2cc(C(F)(F)F)ccc2Cl)cc1. The Morgan fingerprint density at radius 1 is 1.11 bits per heavy atom. The average Bonchev–Trinajstić information content (AvgIpc) is 2.61. The normalized spacial score (nSPS) is 11.5. The molecule has 28 heavy (non-hydrogen) atoms. The molecule has 2 amide bonds. The topological polar surface area (TPSA) is 82.0 Å². The van der Waals surface area contributed by atoms with Crippen LogP contribution in [-0.4, -0.2) is 11.8 Å². The number of benzene rings is 2. The fourth-order valence-corrected chi connectivity index (χ4v) is 2.33. The Morgan fingerprint density at radius 3 is 2.29 bits per heavy atom. The van der Waals surface area contributed by atoms with Gasteiger partial charge in [-0.15, -0.1) is 0 Å². The maximum atomic E-state index is 12.8. The van der Waals surface area contributed by atoms with Crippen molar-refractivity contribution in [2.45, 2.75) is 13.1 Å². The van der Waals surface area contributed by atoms with Crippen molar-refractivity contribution in [1.29, 1.82) is 5.26 Å². The number of rotatable bonds is 4. The molecule has 0 bridgehead atoms. The van der Waals surface area contributed by atoms with Crippen LogP contribution in [0.2, 0.25) is 5.02 Å². The first-order valence-electron chi connectivity index (χ1n) is 7.77. The highest BCUT2D eigenvalue weighted by molar-refractivity contribution is 6.34. The number of carbonyl (C=O) groups excluding carboxylic acids is 2. The number of anilines is 2. The molecule has 0 spiro atoms. The third-order valence-corrected chi connectivity index (χ3v) is 3.78. The van der Waals surface area contributed by atoms with Gasteiger partial charge in [-0.25, -0.2) is 0 Å². The van der Waals surface area contributed by atoms with E-state index in [2.05, 4.69) is 10.6 Å². The standard InChI is InChI=1S/C19H13ClF3N3O2/c1-11(27)25-15-5-2-12(3-6-15)8-13(10-24)18(28)26-17-9-14(19(21,22)23)4-7-16(17)20/h2-9H,1H3,(H,25,27)(H,26,28). The van der Waals surface area contributed by atoms with Crippen LogP contribution in [0.15, 0.2) is 48.0 Å². The lowest BCUT2D eigenvalue weighted by Crippen LogP contribution is -2.15. The minimum absolute atomic E-state index is 0.0988. The van der Waals surface area contributed by atoms with Gasteiger partial charge in [-0.2, -0.15) is 18.4 Å². The number of alkyl halides is 3. The molecule has 2 aromatic rings. The van der Waals surface area contributed by atoms with Gasteiger partial charge in [0.15, 0.2) is 0 Å². The number of amides is 2. The molecule has 5 nitrogen and oxygen atoms in total. The van der Waals surface area contributed by atoms with Crippen LogP contribution in [0.25, 0.3) is 6.08 Å². The van der Waals surface area contributed by atoms with Gasteiger partial charge >= 0.3 is 6.18 Å². The molecule has 2 rings (SSSR count). The number of carbonyl (C=O) groups is 2. The number of nitriles is 1. The van der Waals surface area contributed by atoms with Crippen molar-refractivity contribution in [3.05, 3.63) is 64.2 Å². The lowest BCUT2D eigenvalue weighted by molar-refractivity contribution is -0.137. The van der Waals surface area contributed by atoms with Crippen LogP contribution < -0.4 is 10.6 Å². The first-order valence-corrected chi connectivity index (χ1v) is 8.15. The van der Waals surface area contributed by atoms with Gasteiger partial charge in [-0.05, 0) is 42.0 Å². The molecule has 0 atom stereocenters. The first-order chi connectivity index (χ1) is 13.1. The molecular weight excluding hydrogens is 395 g/mol. The van der Waals surface area contributed by atoms with Crippen LogP contribution in [0.5, 0.6) is 0 Å². The molecule has 0 aliphatic heterocycles.